The maximum Gasteiger partial charge on any atom is 0.138 e. The Labute approximate surface area is 91.3 Å². The first-order valence-corrected chi connectivity index (χ1v) is 5.31. The average Bonchev–Trinajstić information content (AvgIpc) is 2.30. The van der Waals surface area contributed by atoms with E-state index in [9.17, 15) is 4.79 Å². The van der Waals surface area contributed by atoms with Crippen LogP contribution in [-0.4, -0.2) is 12.9 Å². The van der Waals surface area contributed by atoms with Crippen molar-refractivity contribution in [2.45, 2.75) is 26.4 Å². The highest BCUT2D eigenvalue weighted by atomic mass is 16.5. The second-order valence-corrected chi connectivity index (χ2v) is 3.68. The lowest BCUT2D eigenvalue weighted by Gasteiger charge is -2.21. The molecule has 0 saturated carbocycles. The topological polar surface area (TPSA) is 26.3 Å². The van der Waals surface area contributed by atoms with Gasteiger partial charge in [-0.15, -0.1) is 0 Å². The molecule has 2 atom stereocenters. The molecule has 0 saturated heterocycles. The standard InChI is InChI=1S/C13H18O2/c1-4-12(14)10(2)13(15-3)11-8-6-5-7-9-11/h5-10,13H,4H2,1-3H3/t10-,13-/m0/s1. The van der Waals surface area contributed by atoms with Crippen molar-refractivity contribution in [2.75, 3.05) is 7.11 Å². The molecule has 0 heterocycles. The van der Waals surface area contributed by atoms with Crippen molar-refractivity contribution >= 4 is 5.78 Å². The zero-order valence-corrected chi connectivity index (χ0v) is 9.57. The van der Waals surface area contributed by atoms with E-state index in [4.69, 9.17) is 4.74 Å². The van der Waals surface area contributed by atoms with Crippen LogP contribution < -0.4 is 0 Å². The largest absolute Gasteiger partial charge is 0.376 e. The molecule has 0 aliphatic rings. The zero-order chi connectivity index (χ0) is 11.3. The van der Waals surface area contributed by atoms with Crippen molar-refractivity contribution in [3.05, 3.63) is 35.9 Å². The van der Waals surface area contributed by atoms with Gasteiger partial charge in [0.1, 0.15) is 5.78 Å². The molecule has 1 aromatic carbocycles. The molecule has 2 heteroatoms. The maximum atomic E-state index is 11.6. The van der Waals surface area contributed by atoms with Crippen molar-refractivity contribution in [2.24, 2.45) is 5.92 Å². The van der Waals surface area contributed by atoms with Gasteiger partial charge in [-0.3, -0.25) is 4.79 Å². The van der Waals surface area contributed by atoms with Gasteiger partial charge in [-0.2, -0.15) is 0 Å². The van der Waals surface area contributed by atoms with Crippen LogP contribution >= 0.6 is 0 Å². The number of carbonyl (C=O) groups is 1. The molecule has 0 radical (unpaired) electrons. The van der Waals surface area contributed by atoms with E-state index < -0.39 is 0 Å². The van der Waals surface area contributed by atoms with Gasteiger partial charge >= 0.3 is 0 Å². The van der Waals surface area contributed by atoms with Crippen molar-refractivity contribution in [1.29, 1.82) is 0 Å². The number of benzene rings is 1. The van der Waals surface area contributed by atoms with Gasteiger partial charge < -0.3 is 4.74 Å². The normalized spacial score (nSPS) is 14.6. The Hall–Kier alpha value is -1.15. The molecule has 0 spiro atoms. The summed E-state index contributed by atoms with van der Waals surface area (Å²) in [4.78, 5) is 11.6. The van der Waals surface area contributed by atoms with Crippen molar-refractivity contribution in [1.82, 2.24) is 0 Å². The fourth-order valence-electron chi connectivity index (χ4n) is 1.76. The molecule has 2 nitrogen and oxygen atoms in total. The van der Waals surface area contributed by atoms with Crippen LogP contribution in [0.4, 0.5) is 0 Å². The summed E-state index contributed by atoms with van der Waals surface area (Å²) in [5.74, 6) is 0.160. The van der Waals surface area contributed by atoms with E-state index in [1.807, 2.05) is 44.2 Å². The third-order valence-electron chi connectivity index (χ3n) is 2.69. The van der Waals surface area contributed by atoms with E-state index in [-0.39, 0.29) is 17.8 Å². The Bertz CT molecular complexity index is 306. The number of hydrogen-bond donors (Lipinski definition) is 0. The fourth-order valence-corrected chi connectivity index (χ4v) is 1.76. The van der Waals surface area contributed by atoms with E-state index in [0.29, 0.717) is 6.42 Å². The summed E-state index contributed by atoms with van der Waals surface area (Å²) in [5.41, 5.74) is 1.06. The number of Topliss-reactive ketones (excluding diaryl/α,β-unsaturated/α-hetero) is 1. The van der Waals surface area contributed by atoms with E-state index >= 15 is 0 Å². The third kappa shape index (κ3) is 2.90. The molecular weight excluding hydrogens is 188 g/mol. The monoisotopic (exact) mass is 206 g/mol. The van der Waals surface area contributed by atoms with Crippen molar-refractivity contribution in [3.8, 4) is 0 Å². The molecule has 0 N–H and O–H groups in total. The van der Waals surface area contributed by atoms with Gasteiger partial charge in [0, 0.05) is 19.4 Å². The van der Waals surface area contributed by atoms with E-state index in [1.165, 1.54) is 0 Å². The van der Waals surface area contributed by atoms with E-state index in [0.717, 1.165) is 5.56 Å². The Balaban J connectivity index is 2.85. The number of carbonyl (C=O) groups excluding carboxylic acids is 1. The van der Waals surface area contributed by atoms with Crippen LogP contribution in [0.5, 0.6) is 0 Å². The van der Waals surface area contributed by atoms with Gasteiger partial charge in [-0.25, -0.2) is 0 Å². The summed E-state index contributed by atoms with van der Waals surface area (Å²) in [6, 6.07) is 9.87. The van der Waals surface area contributed by atoms with Crippen LogP contribution in [0.2, 0.25) is 0 Å². The molecule has 0 unspecified atom stereocenters. The van der Waals surface area contributed by atoms with E-state index in [2.05, 4.69) is 0 Å². The summed E-state index contributed by atoms with van der Waals surface area (Å²) < 4.78 is 5.40. The second kappa shape index (κ2) is 5.66. The summed E-state index contributed by atoms with van der Waals surface area (Å²) >= 11 is 0. The second-order valence-electron chi connectivity index (χ2n) is 3.68. The number of methoxy groups -OCH3 is 1. The highest BCUT2D eigenvalue weighted by molar-refractivity contribution is 5.81. The number of hydrogen-bond acceptors (Lipinski definition) is 2. The van der Waals surface area contributed by atoms with Crippen LogP contribution in [-0.2, 0) is 9.53 Å². The minimum atomic E-state index is -0.126. The summed E-state index contributed by atoms with van der Waals surface area (Å²) in [6.45, 7) is 3.81. The lowest BCUT2D eigenvalue weighted by atomic mass is 9.92. The van der Waals surface area contributed by atoms with Crippen LogP contribution in [0.3, 0.4) is 0 Å². The predicted octanol–water partition coefficient (Wildman–Crippen LogP) is 2.99. The van der Waals surface area contributed by atoms with Gasteiger partial charge in [0.15, 0.2) is 0 Å². The van der Waals surface area contributed by atoms with Crippen molar-refractivity contribution in [3.63, 3.8) is 0 Å². The highest BCUT2D eigenvalue weighted by Gasteiger charge is 2.23. The molecule has 0 aliphatic heterocycles. The van der Waals surface area contributed by atoms with Gasteiger partial charge in [-0.1, -0.05) is 44.2 Å². The van der Waals surface area contributed by atoms with Gasteiger partial charge in [-0.05, 0) is 5.56 Å². The molecule has 82 valence electrons. The number of rotatable bonds is 5. The van der Waals surface area contributed by atoms with E-state index in [1.54, 1.807) is 7.11 Å². The van der Waals surface area contributed by atoms with Crippen LogP contribution in [0.15, 0.2) is 30.3 Å². The SMILES string of the molecule is CCC(=O)[C@H](C)[C@H](OC)c1ccccc1. The third-order valence-corrected chi connectivity index (χ3v) is 2.69. The minimum Gasteiger partial charge on any atom is -0.376 e. The van der Waals surface area contributed by atoms with Crippen LogP contribution in [0.25, 0.3) is 0 Å². The Morgan fingerprint density at radius 1 is 1.33 bits per heavy atom. The van der Waals surface area contributed by atoms with Crippen LogP contribution in [0.1, 0.15) is 31.9 Å². The highest BCUT2D eigenvalue weighted by Crippen LogP contribution is 2.26. The van der Waals surface area contributed by atoms with Gasteiger partial charge in [0.2, 0.25) is 0 Å². The number of ketones is 1. The Kier molecular flexibility index (Phi) is 4.50. The summed E-state index contributed by atoms with van der Waals surface area (Å²) in [6.07, 6.45) is 0.437. The Morgan fingerprint density at radius 2 is 1.93 bits per heavy atom. The quantitative estimate of drug-likeness (QED) is 0.740. The molecule has 1 rings (SSSR count). The van der Waals surface area contributed by atoms with Gasteiger partial charge in [0.25, 0.3) is 0 Å². The maximum absolute atomic E-state index is 11.6. The van der Waals surface area contributed by atoms with Crippen molar-refractivity contribution < 1.29 is 9.53 Å². The first kappa shape index (κ1) is 11.9. The molecule has 0 bridgehead atoms. The Morgan fingerprint density at radius 3 is 2.40 bits per heavy atom. The fraction of sp³-hybridized carbons (Fsp3) is 0.462. The zero-order valence-electron chi connectivity index (χ0n) is 9.57. The predicted molar refractivity (Wildman–Crippen MR) is 60.7 cm³/mol. The first-order chi connectivity index (χ1) is 7.20. The first-order valence-electron chi connectivity index (χ1n) is 5.31. The smallest absolute Gasteiger partial charge is 0.138 e. The molecular formula is C13H18O2. The van der Waals surface area contributed by atoms with Crippen LogP contribution in [0, 0.1) is 5.92 Å². The molecule has 0 fully saturated rings. The summed E-state index contributed by atoms with van der Waals surface area (Å²) in [5, 5.41) is 0. The minimum absolute atomic E-state index is 0.0811. The van der Waals surface area contributed by atoms with Gasteiger partial charge in [0.05, 0.1) is 6.10 Å². The lowest BCUT2D eigenvalue weighted by molar-refractivity contribution is -0.126. The molecule has 0 amide bonds. The molecule has 1 aromatic rings. The number of ether oxygens (including phenoxy) is 1. The molecule has 0 aromatic heterocycles. The summed E-state index contributed by atoms with van der Waals surface area (Å²) in [7, 11) is 1.65. The lowest BCUT2D eigenvalue weighted by Crippen LogP contribution is -2.20. The average molecular weight is 206 g/mol. The molecule has 0 aliphatic carbocycles. The molecule has 15 heavy (non-hydrogen) atoms.